The van der Waals surface area contributed by atoms with E-state index < -0.39 is 4.92 Å². The van der Waals surface area contributed by atoms with Gasteiger partial charge in [0.05, 0.1) is 4.92 Å². The highest BCUT2D eigenvalue weighted by atomic mass is 35.5. The van der Waals surface area contributed by atoms with Crippen LogP contribution < -0.4 is 5.73 Å². The average molecular weight is 276 g/mol. The molecule has 0 atom stereocenters. The van der Waals surface area contributed by atoms with E-state index in [2.05, 4.69) is 4.98 Å². The average Bonchev–Trinajstić information content (AvgIpc) is 2.27. The van der Waals surface area contributed by atoms with Crippen molar-refractivity contribution in [2.45, 2.75) is 6.54 Å². The van der Waals surface area contributed by atoms with Crippen LogP contribution in [0.15, 0.2) is 30.5 Å². The van der Waals surface area contributed by atoms with Gasteiger partial charge >= 0.3 is 0 Å². The second-order valence-electron chi connectivity index (χ2n) is 3.11. The van der Waals surface area contributed by atoms with Gasteiger partial charge < -0.3 is 5.73 Å². The van der Waals surface area contributed by atoms with E-state index in [4.69, 9.17) is 5.73 Å². The molecule has 0 radical (unpaired) electrons. The van der Waals surface area contributed by atoms with Crippen molar-refractivity contribution < 1.29 is 4.92 Å². The largest absolute Gasteiger partial charge is 0.326 e. The van der Waals surface area contributed by atoms with Crippen molar-refractivity contribution in [3.05, 3.63) is 46.1 Å². The minimum Gasteiger partial charge on any atom is -0.326 e. The molecule has 0 amide bonds. The third-order valence-corrected chi connectivity index (χ3v) is 2.23. The lowest BCUT2D eigenvalue weighted by molar-refractivity contribution is -0.383. The molecule has 1 aromatic heterocycles. The predicted molar refractivity (Wildman–Crippen MR) is 70.8 cm³/mol. The molecule has 7 heteroatoms. The third-order valence-electron chi connectivity index (χ3n) is 2.23. The molecule has 0 saturated heterocycles. The SMILES string of the molecule is Cl.Cl.NCc1ccc2cccnc2c1[N+](=O)[O-]. The molecule has 0 aliphatic rings. The molecule has 92 valence electrons. The van der Waals surface area contributed by atoms with E-state index in [9.17, 15) is 10.1 Å². The lowest BCUT2D eigenvalue weighted by Crippen LogP contribution is -2.02. The van der Waals surface area contributed by atoms with E-state index in [0.29, 0.717) is 11.1 Å². The second-order valence-corrected chi connectivity index (χ2v) is 3.11. The lowest BCUT2D eigenvalue weighted by Gasteiger charge is -2.02. The fourth-order valence-electron chi connectivity index (χ4n) is 1.54. The zero-order valence-corrected chi connectivity index (χ0v) is 10.3. The molecule has 0 fully saturated rings. The second kappa shape index (κ2) is 6.34. The van der Waals surface area contributed by atoms with Gasteiger partial charge in [-0.2, -0.15) is 0 Å². The molecule has 0 aliphatic heterocycles. The number of hydrogen-bond donors (Lipinski definition) is 1. The number of nitro benzene ring substituents is 1. The number of benzene rings is 1. The van der Waals surface area contributed by atoms with Gasteiger partial charge in [0.1, 0.15) is 5.52 Å². The molecule has 0 spiro atoms. The Hall–Kier alpha value is -1.43. The molecule has 0 saturated carbocycles. The van der Waals surface area contributed by atoms with Crippen molar-refractivity contribution >= 4 is 41.4 Å². The van der Waals surface area contributed by atoms with Gasteiger partial charge in [0.15, 0.2) is 0 Å². The first-order valence-electron chi connectivity index (χ1n) is 4.45. The molecule has 1 heterocycles. The Balaban J connectivity index is 0.00000128. The fourth-order valence-corrected chi connectivity index (χ4v) is 1.54. The summed E-state index contributed by atoms with van der Waals surface area (Å²) in [5.74, 6) is 0. The number of rotatable bonds is 2. The Labute approximate surface area is 110 Å². The van der Waals surface area contributed by atoms with E-state index in [0.717, 1.165) is 5.39 Å². The van der Waals surface area contributed by atoms with Crippen LogP contribution in [0.2, 0.25) is 0 Å². The van der Waals surface area contributed by atoms with Crippen molar-refractivity contribution in [2.75, 3.05) is 0 Å². The number of nitro groups is 1. The number of nitrogens with zero attached hydrogens (tertiary/aromatic N) is 2. The van der Waals surface area contributed by atoms with Crippen molar-refractivity contribution in [3.8, 4) is 0 Å². The van der Waals surface area contributed by atoms with Crippen LogP contribution in [0.3, 0.4) is 0 Å². The number of fused-ring (bicyclic) bond motifs is 1. The van der Waals surface area contributed by atoms with Gasteiger partial charge in [0.25, 0.3) is 5.69 Å². The van der Waals surface area contributed by atoms with E-state index in [1.165, 1.54) is 6.20 Å². The summed E-state index contributed by atoms with van der Waals surface area (Å²) in [6.45, 7) is 0.142. The van der Waals surface area contributed by atoms with Crippen LogP contribution in [0.4, 0.5) is 5.69 Å². The van der Waals surface area contributed by atoms with Gasteiger partial charge in [-0.05, 0) is 6.07 Å². The van der Waals surface area contributed by atoms with Crippen LogP contribution >= 0.6 is 24.8 Å². The number of hydrogen-bond acceptors (Lipinski definition) is 4. The summed E-state index contributed by atoms with van der Waals surface area (Å²) in [6, 6.07) is 6.99. The van der Waals surface area contributed by atoms with Gasteiger partial charge in [-0.25, -0.2) is 4.98 Å². The van der Waals surface area contributed by atoms with Crippen LogP contribution in [0.5, 0.6) is 0 Å². The topological polar surface area (TPSA) is 82.0 Å². The Morgan fingerprint density at radius 2 is 2.00 bits per heavy atom. The summed E-state index contributed by atoms with van der Waals surface area (Å²) in [5.41, 5.74) is 6.36. The van der Waals surface area contributed by atoms with E-state index >= 15 is 0 Å². The molecule has 1 aromatic carbocycles. The minimum absolute atomic E-state index is 0. The van der Waals surface area contributed by atoms with Gasteiger partial charge in [-0.1, -0.05) is 18.2 Å². The highest BCUT2D eigenvalue weighted by Crippen LogP contribution is 2.27. The number of nitrogens with two attached hydrogens (primary N) is 1. The van der Waals surface area contributed by atoms with Crippen LogP contribution in [-0.4, -0.2) is 9.91 Å². The smallest absolute Gasteiger partial charge is 0.299 e. The summed E-state index contributed by atoms with van der Waals surface area (Å²) in [7, 11) is 0. The molecular weight excluding hydrogens is 265 g/mol. The maximum absolute atomic E-state index is 10.9. The highest BCUT2D eigenvalue weighted by molar-refractivity contribution is 5.88. The molecule has 2 rings (SSSR count). The Kier molecular flexibility index (Phi) is 5.81. The molecule has 2 aromatic rings. The summed E-state index contributed by atoms with van der Waals surface area (Å²) >= 11 is 0. The van der Waals surface area contributed by atoms with Crippen LogP contribution in [-0.2, 0) is 6.54 Å². The van der Waals surface area contributed by atoms with Gasteiger partial charge in [-0.15, -0.1) is 24.8 Å². The highest BCUT2D eigenvalue weighted by Gasteiger charge is 2.17. The summed E-state index contributed by atoms with van der Waals surface area (Å²) < 4.78 is 0. The van der Waals surface area contributed by atoms with E-state index in [-0.39, 0.29) is 37.0 Å². The standard InChI is InChI=1S/C10H9N3O2.2ClH/c11-6-8-4-3-7-2-1-5-12-9(7)10(8)13(14)15;;/h1-5H,6,11H2;2*1H. The third kappa shape index (κ3) is 2.82. The molecule has 5 nitrogen and oxygen atoms in total. The van der Waals surface area contributed by atoms with Crippen molar-refractivity contribution in [1.29, 1.82) is 0 Å². The maximum atomic E-state index is 10.9. The molecular formula is C10H11Cl2N3O2. The normalized spacial score (nSPS) is 9.24. The van der Waals surface area contributed by atoms with E-state index in [1.807, 2.05) is 0 Å². The summed E-state index contributed by atoms with van der Waals surface area (Å²) in [6.07, 6.45) is 1.54. The first kappa shape index (κ1) is 15.6. The van der Waals surface area contributed by atoms with Crippen molar-refractivity contribution in [3.63, 3.8) is 0 Å². The fraction of sp³-hybridized carbons (Fsp3) is 0.100. The van der Waals surface area contributed by atoms with Gasteiger partial charge in [0.2, 0.25) is 0 Å². The molecule has 0 unspecified atom stereocenters. The zero-order valence-electron chi connectivity index (χ0n) is 8.70. The molecule has 2 N–H and O–H groups in total. The molecule has 17 heavy (non-hydrogen) atoms. The first-order valence-corrected chi connectivity index (χ1v) is 4.45. The Bertz CT molecular complexity index is 534. The minimum atomic E-state index is -0.433. The summed E-state index contributed by atoms with van der Waals surface area (Å²) in [5, 5.41) is 11.7. The van der Waals surface area contributed by atoms with Crippen LogP contribution in [0, 0.1) is 10.1 Å². The first-order chi connectivity index (χ1) is 7.24. The number of halogens is 2. The molecule has 0 bridgehead atoms. The maximum Gasteiger partial charge on any atom is 0.299 e. The van der Waals surface area contributed by atoms with Crippen molar-refractivity contribution in [2.24, 2.45) is 5.73 Å². The Morgan fingerprint density at radius 3 is 2.59 bits per heavy atom. The number of aromatic nitrogens is 1. The van der Waals surface area contributed by atoms with Gasteiger partial charge in [-0.3, -0.25) is 10.1 Å². The van der Waals surface area contributed by atoms with Crippen LogP contribution in [0.25, 0.3) is 10.9 Å². The quantitative estimate of drug-likeness (QED) is 0.674. The number of pyridine rings is 1. The summed E-state index contributed by atoms with van der Waals surface area (Å²) in [4.78, 5) is 14.5. The zero-order chi connectivity index (χ0) is 10.8. The lowest BCUT2D eigenvalue weighted by atomic mass is 10.1. The predicted octanol–water partition coefficient (Wildman–Crippen LogP) is 2.45. The van der Waals surface area contributed by atoms with Crippen LogP contribution in [0.1, 0.15) is 5.56 Å². The van der Waals surface area contributed by atoms with Crippen molar-refractivity contribution in [1.82, 2.24) is 4.98 Å². The van der Waals surface area contributed by atoms with Gasteiger partial charge in [0, 0.05) is 23.7 Å². The molecule has 0 aliphatic carbocycles. The Morgan fingerprint density at radius 1 is 1.29 bits per heavy atom. The van der Waals surface area contributed by atoms with E-state index in [1.54, 1.807) is 24.3 Å². The monoisotopic (exact) mass is 275 g/mol.